The Morgan fingerprint density at radius 2 is 2.36 bits per heavy atom. The third kappa shape index (κ3) is 2.58. The van der Waals surface area contributed by atoms with Crippen LogP contribution in [-0.4, -0.2) is 10.5 Å². The molecule has 0 fully saturated rings. The van der Waals surface area contributed by atoms with Crippen LogP contribution in [0.4, 0.5) is 0 Å². The lowest BCUT2D eigenvalue weighted by Crippen LogP contribution is -2.34. The molecule has 0 saturated heterocycles. The van der Waals surface area contributed by atoms with Crippen molar-refractivity contribution in [2.45, 2.75) is 32.2 Å². The third-order valence-corrected chi connectivity index (χ3v) is 2.25. The molecule has 14 heavy (non-hydrogen) atoms. The number of carbonyl (C=O) groups excluding carboxylic acids is 1. The molecule has 0 spiro atoms. The standard InChI is InChI=1S/C10H16N2O2/c1-3-4-5-9(10(13)14)12-7-6-11(2)8-12/h6-9H,3-5H2,1-2H3. The lowest BCUT2D eigenvalue weighted by molar-refractivity contribution is -0.671. The van der Waals surface area contributed by atoms with Gasteiger partial charge in [0.05, 0.1) is 13.0 Å². The van der Waals surface area contributed by atoms with E-state index in [-0.39, 0.29) is 0 Å². The number of hydrogen-bond acceptors (Lipinski definition) is 2. The van der Waals surface area contributed by atoms with E-state index in [0.29, 0.717) is 6.42 Å². The lowest BCUT2D eigenvalue weighted by Gasteiger charge is -2.13. The molecule has 0 aromatic carbocycles. The summed E-state index contributed by atoms with van der Waals surface area (Å²) in [5.41, 5.74) is 0. The Morgan fingerprint density at radius 3 is 2.79 bits per heavy atom. The van der Waals surface area contributed by atoms with Gasteiger partial charge >= 0.3 is 0 Å². The van der Waals surface area contributed by atoms with Gasteiger partial charge < -0.3 is 9.90 Å². The van der Waals surface area contributed by atoms with Gasteiger partial charge in [0, 0.05) is 0 Å². The molecule has 0 saturated carbocycles. The van der Waals surface area contributed by atoms with Crippen molar-refractivity contribution in [3.63, 3.8) is 0 Å². The summed E-state index contributed by atoms with van der Waals surface area (Å²) in [6.45, 7) is 2.04. The average molecular weight is 196 g/mol. The van der Waals surface area contributed by atoms with Gasteiger partial charge in [-0.1, -0.05) is 13.3 Å². The lowest BCUT2D eigenvalue weighted by atomic mass is 10.1. The average Bonchev–Trinajstić information content (AvgIpc) is 2.52. The minimum atomic E-state index is -1.00. The second kappa shape index (κ2) is 4.79. The molecule has 78 valence electrons. The van der Waals surface area contributed by atoms with Crippen molar-refractivity contribution >= 4 is 5.97 Å². The Kier molecular flexibility index (Phi) is 3.68. The molecule has 1 heterocycles. The number of aliphatic carboxylic acids is 1. The fraction of sp³-hybridized carbons (Fsp3) is 0.600. The minimum absolute atomic E-state index is 0.531. The van der Waals surface area contributed by atoms with E-state index in [4.69, 9.17) is 0 Å². The first kappa shape index (κ1) is 10.8. The first-order valence-corrected chi connectivity index (χ1v) is 4.88. The molecule has 0 bridgehead atoms. The maximum Gasteiger partial charge on any atom is 0.244 e. The monoisotopic (exact) mass is 196 g/mol. The van der Waals surface area contributed by atoms with E-state index < -0.39 is 12.0 Å². The van der Waals surface area contributed by atoms with E-state index >= 15 is 0 Å². The van der Waals surface area contributed by atoms with Crippen LogP contribution in [0.5, 0.6) is 0 Å². The van der Waals surface area contributed by atoms with E-state index in [2.05, 4.69) is 0 Å². The van der Waals surface area contributed by atoms with E-state index in [1.165, 1.54) is 0 Å². The zero-order chi connectivity index (χ0) is 10.6. The molecular weight excluding hydrogens is 180 g/mol. The van der Waals surface area contributed by atoms with Crippen LogP contribution in [0, 0.1) is 0 Å². The van der Waals surface area contributed by atoms with Crippen LogP contribution >= 0.6 is 0 Å². The van der Waals surface area contributed by atoms with E-state index in [1.807, 2.05) is 24.7 Å². The second-order valence-corrected chi connectivity index (χ2v) is 3.50. The van der Waals surface area contributed by atoms with Crippen LogP contribution in [0.15, 0.2) is 18.7 Å². The zero-order valence-electron chi connectivity index (χ0n) is 8.64. The fourth-order valence-corrected chi connectivity index (χ4v) is 1.44. The fourth-order valence-electron chi connectivity index (χ4n) is 1.44. The number of carbonyl (C=O) groups is 1. The maximum atomic E-state index is 10.9. The first-order valence-electron chi connectivity index (χ1n) is 4.88. The number of nitrogens with zero attached hydrogens (tertiary/aromatic N) is 2. The highest BCUT2D eigenvalue weighted by molar-refractivity contribution is 5.69. The molecule has 1 aromatic rings. The van der Waals surface area contributed by atoms with Crippen molar-refractivity contribution < 1.29 is 14.5 Å². The van der Waals surface area contributed by atoms with Gasteiger partial charge in [-0.2, -0.15) is 0 Å². The van der Waals surface area contributed by atoms with E-state index in [9.17, 15) is 9.90 Å². The predicted molar refractivity (Wildman–Crippen MR) is 49.2 cm³/mol. The summed E-state index contributed by atoms with van der Waals surface area (Å²) in [7, 11) is 1.86. The SMILES string of the molecule is CCCCC(C(=O)[O-])n1cc[n+](C)c1. The van der Waals surface area contributed by atoms with Gasteiger partial charge in [-0.05, 0) is 12.8 Å². The number of hydrogen-bond donors (Lipinski definition) is 0. The molecule has 1 unspecified atom stereocenters. The Bertz CT molecular complexity index is 307. The van der Waals surface area contributed by atoms with Crippen molar-refractivity contribution in [2.75, 3.05) is 0 Å². The van der Waals surface area contributed by atoms with Gasteiger partial charge in [0.2, 0.25) is 6.33 Å². The Hall–Kier alpha value is -1.32. The van der Waals surface area contributed by atoms with Crippen molar-refractivity contribution in [1.82, 2.24) is 4.57 Å². The van der Waals surface area contributed by atoms with Crippen LogP contribution in [0.1, 0.15) is 32.2 Å². The van der Waals surface area contributed by atoms with Gasteiger partial charge in [0.25, 0.3) is 0 Å². The summed E-state index contributed by atoms with van der Waals surface area (Å²) in [5.74, 6) is -1.00. The van der Waals surface area contributed by atoms with Gasteiger partial charge in [0.15, 0.2) is 0 Å². The number of aryl methyl sites for hydroxylation is 1. The normalized spacial score (nSPS) is 12.7. The molecular formula is C10H16N2O2. The number of carboxylic acid groups (broad SMARTS) is 1. The van der Waals surface area contributed by atoms with Crippen LogP contribution in [0.3, 0.4) is 0 Å². The van der Waals surface area contributed by atoms with Gasteiger partial charge in [-0.3, -0.25) is 0 Å². The number of aromatic nitrogens is 2. The van der Waals surface area contributed by atoms with Crippen LogP contribution in [0.25, 0.3) is 0 Å². The van der Waals surface area contributed by atoms with Crippen molar-refractivity contribution in [3.8, 4) is 0 Å². The Morgan fingerprint density at radius 1 is 1.64 bits per heavy atom. The van der Waals surface area contributed by atoms with Crippen molar-refractivity contribution in [2.24, 2.45) is 7.05 Å². The Balaban J connectivity index is 2.72. The Labute approximate surface area is 83.8 Å². The molecule has 1 aromatic heterocycles. The smallest absolute Gasteiger partial charge is 0.244 e. The summed E-state index contributed by atoms with van der Waals surface area (Å²) in [6.07, 6.45) is 7.87. The second-order valence-electron chi connectivity index (χ2n) is 3.50. The molecule has 0 aliphatic carbocycles. The minimum Gasteiger partial charge on any atom is -0.546 e. The van der Waals surface area contributed by atoms with Crippen molar-refractivity contribution in [1.29, 1.82) is 0 Å². The van der Waals surface area contributed by atoms with Crippen LogP contribution in [0.2, 0.25) is 0 Å². The number of carboxylic acids is 1. The van der Waals surface area contributed by atoms with Gasteiger partial charge in [-0.15, -0.1) is 0 Å². The highest BCUT2D eigenvalue weighted by Crippen LogP contribution is 2.13. The van der Waals surface area contributed by atoms with Gasteiger partial charge in [-0.25, -0.2) is 9.13 Å². The topological polar surface area (TPSA) is 48.9 Å². The summed E-state index contributed by atoms with van der Waals surface area (Å²) >= 11 is 0. The highest BCUT2D eigenvalue weighted by Gasteiger charge is 2.16. The molecule has 1 rings (SSSR count). The molecule has 1 atom stereocenters. The predicted octanol–water partition coefficient (Wildman–Crippen LogP) is -0.206. The van der Waals surface area contributed by atoms with Crippen LogP contribution < -0.4 is 9.67 Å². The zero-order valence-corrected chi connectivity index (χ0v) is 8.64. The molecule has 4 nitrogen and oxygen atoms in total. The molecule has 4 heteroatoms. The maximum absolute atomic E-state index is 10.9. The number of imidazole rings is 1. The molecule has 0 aliphatic heterocycles. The van der Waals surface area contributed by atoms with Crippen LogP contribution in [-0.2, 0) is 11.8 Å². The highest BCUT2D eigenvalue weighted by atomic mass is 16.4. The molecule has 0 amide bonds. The van der Waals surface area contributed by atoms with Crippen molar-refractivity contribution in [3.05, 3.63) is 18.7 Å². The first-order chi connectivity index (χ1) is 6.65. The van der Waals surface area contributed by atoms with Gasteiger partial charge in [0.1, 0.15) is 18.4 Å². The van der Waals surface area contributed by atoms with E-state index in [1.54, 1.807) is 17.1 Å². The summed E-state index contributed by atoms with van der Waals surface area (Å²) in [5, 5.41) is 10.9. The quantitative estimate of drug-likeness (QED) is 0.612. The molecule has 0 aliphatic rings. The third-order valence-electron chi connectivity index (χ3n) is 2.25. The number of unbranched alkanes of at least 4 members (excludes halogenated alkanes) is 1. The molecule has 0 N–H and O–H groups in total. The molecule has 0 radical (unpaired) electrons. The largest absolute Gasteiger partial charge is 0.546 e. The summed E-state index contributed by atoms with van der Waals surface area (Å²) in [4.78, 5) is 10.9. The summed E-state index contributed by atoms with van der Waals surface area (Å²) in [6, 6.07) is -0.531. The van der Waals surface area contributed by atoms with E-state index in [0.717, 1.165) is 12.8 Å². The summed E-state index contributed by atoms with van der Waals surface area (Å²) < 4.78 is 3.51. The number of rotatable bonds is 5.